The normalized spacial score (nSPS) is 12.0. The Morgan fingerprint density at radius 1 is 1.13 bits per heavy atom. The van der Waals surface area contributed by atoms with Crippen molar-refractivity contribution in [2.75, 3.05) is 0 Å². The van der Waals surface area contributed by atoms with Gasteiger partial charge < -0.3 is 4.57 Å². The number of fused-ring (bicyclic) bond motifs is 2. The van der Waals surface area contributed by atoms with Gasteiger partial charge in [0.1, 0.15) is 21.7 Å². The fraction of sp³-hybridized carbons (Fsp3) is 0.190. The first-order valence-corrected chi connectivity index (χ1v) is 11.2. The van der Waals surface area contributed by atoms with Crippen LogP contribution in [-0.4, -0.2) is 22.4 Å². The van der Waals surface area contributed by atoms with Gasteiger partial charge in [-0.1, -0.05) is 24.6 Å². The number of aromatic nitrogens is 3. The summed E-state index contributed by atoms with van der Waals surface area (Å²) in [6, 6.07) is 10.6. The van der Waals surface area contributed by atoms with Gasteiger partial charge in [-0.25, -0.2) is 13.4 Å². The van der Waals surface area contributed by atoms with Gasteiger partial charge in [0.2, 0.25) is 9.84 Å². The summed E-state index contributed by atoms with van der Waals surface area (Å²) in [5.74, 6) is 0. The Balaban J connectivity index is 2.13. The maximum Gasteiger partial charge on any atom is 0.267 e. The molecule has 0 saturated heterocycles. The van der Waals surface area contributed by atoms with Crippen molar-refractivity contribution >= 4 is 38.1 Å². The minimum atomic E-state index is -4.04. The first-order chi connectivity index (χ1) is 14.2. The summed E-state index contributed by atoms with van der Waals surface area (Å²) in [5.41, 5.74) is 1.03. The van der Waals surface area contributed by atoms with Gasteiger partial charge in [-0.05, 0) is 55.3 Å². The number of rotatable bonds is 4. The number of benzene rings is 1. The molecule has 0 amide bonds. The van der Waals surface area contributed by atoms with E-state index in [-0.39, 0.29) is 26.2 Å². The molecule has 4 rings (SSSR count). The molecule has 3 heterocycles. The zero-order chi connectivity index (χ0) is 21.6. The highest BCUT2D eigenvalue weighted by molar-refractivity contribution is 7.91. The lowest BCUT2D eigenvalue weighted by Gasteiger charge is -2.14. The summed E-state index contributed by atoms with van der Waals surface area (Å²) >= 11 is 5.88. The molecule has 0 bridgehead atoms. The molecule has 9 heteroatoms. The smallest absolute Gasteiger partial charge is 0.267 e. The molecule has 0 fully saturated rings. The first kappa shape index (κ1) is 20.3. The van der Waals surface area contributed by atoms with Crippen molar-refractivity contribution < 1.29 is 8.42 Å². The molecule has 0 aliphatic carbocycles. The molecule has 30 heavy (non-hydrogen) atoms. The second kappa shape index (κ2) is 7.37. The van der Waals surface area contributed by atoms with E-state index >= 15 is 0 Å². The van der Waals surface area contributed by atoms with Crippen LogP contribution in [0.5, 0.6) is 0 Å². The number of nitrogens with zero attached hydrogens (tertiary/aromatic N) is 3. The number of hydrogen-bond acceptors (Lipinski definition) is 5. The predicted octanol–water partition coefficient (Wildman–Crippen LogP) is 3.33. The molecular weight excluding hydrogens is 424 g/mol. The van der Waals surface area contributed by atoms with E-state index in [0.29, 0.717) is 29.3 Å². The van der Waals surface area contributed by atoms with E-state index in [1.54, 1.807) is 12.3 Å². The average molecular weight is 443 g/mol. The Morgan fingerprint density at radius 2 is 1.83 bits per heavy atom. The summed E-state index contributed by atoms with van der Waals surface area (Å²) < 4.78 is 29.5. The summed E-state index contributed by atoms with van der Waals surface area (Å²) in [5, 5.41) is 9.16. The third kappa shape index (κ3) is 3.22. The fourth-order valence-corrected chi connectivity index (χ4v) is 4.92. The molecule has 1 aromatic carbocycles. The van der Waals surface area contributed by atoms with E-state index in [0.717, 1.165) is 5.56 Å². The lowest BCUT2D eigenvalue weighted by molar-refractivity contribution is 0.586. The third-order valence-electron chi connectivity index (χ3n) is 4.88. The third-order valence-corrected chi connectivity index (χ3v) is 6.92. The zero-order valence-electron chi connectivity index (χ0n) is 16.4. The Labute approximate surface area is 177 Å². The van der Waals surface area contributed by atoms with Crippen molar-refractivity contribution in [1.82, 2.24) is 14.0 Å². The highest BCUT2D eigenvalue weighted by Crippen LogP contribution is 2.22. The minimum Gasteiger partial charge on any atom is -0.310 e. The molecule has 0 saturated carbocycles. The Hall–Kier alpha value is -2.97. The largest absolute Gasteiger partial charge is 0.310 e. The van der Waals surface area contributed by atoms with E-state index in [1.165, 1.54) is 39.3 Å². The molecule has 4 aromatic rings. The molecule has 7 nitrogen and oxygen atoms in total. The topological polar surface area (TPSA) is 97.3 Å². The molecule has 1 N–H and O–H groups in total. The van der Waals surface area contributed by atoms with Crippen molar-refractivity contribution in [2.45, 2.75) is 36.6 Å². The number of hydrogen-bond donors (Lipinski definition) is 1. The van der Waals surface area contributed by atoms with Crippen LogP contribution >= 0.6 is 11.6 Å². The molecular formula is C21H19ClN4O3S. The predicted molar refractivity (Wildman–Crippen MR) is 115 cm³/mol. The van der Waals surface area contributed by atoms with E-state index < -0.39 is 9.84 Å². The molecule has 0 radical (unpaired) electrons. The van der Waals surface area contributed by atoms with Gasteiger partial charge in [-0.15, -0.1) is 0 Å². The number of sulfone groups is 1. The lowest BCUT2D eigenvalue weighted by Crippen LogP contribution is -2.30. The first-order valence-electron chi connectivity index (χ1n) is 9.36. The van der Waals surface area contributed by atoms with Gasteiger partial charge in [0, 0.05) is 17.8 Å². The SMILES string of the molecule is CCCn1c(=N)c(S(=O)(=O)c2ccc(Cl)cc2)cc2c(=O)n3cc(C)ccc3nc21. The zero-order valence-corrected chi connectivity index (χ0v) is 18.0. The summed E-state index contributed by atoms with van der Waals surface area (Å²) in [6.07, 6.45) is 2.31. The highest BCUT2D eigenvalue weighted by atomic mass is 35.5. The number of pyridine rings is 2. The van der Waals surface area contributed by atoms with E-state index in [9.17, 15) is 13.2 Å². The quantitative estimate of drug-likeness (QED) is 0.490. The van der Waals surface area contributed by atoms with Crippen molar-refractivity contribution in [1.29, 1.82) is 5.41 Å². The van der Waals surface area contributed by atoms with Crippen LogP contribution in [0.4, 0.5) is 0 Å². The lowest BCUT2D eigenvalue weighted by atomic mass is 10.2. The van der Waals surface area contributed by atoms with E-state index in [2.05, 4.69) is 4.98 Å². The van der Waals surface area contributed by atoms with Crippen LogP contribution in [0, 0.1) is 12.3 Å². The van der Waals surface area contributed by atoms with Gasteiger partial charge in [-0.3, -0.25) is 14.6 Å². The van der Waals surface area contributed by atoms with Crippen LogP contribution in [0.25, 0.3) is 16.7 Å². The van der Waals surface area contributed by atoms with Crippen molar-refractivity contribution in [2.24, 2.45) is 0 Å². The standard InChI is InChI=1S/C21H19ClN4O3S/c1-3-10-25-19(23)17(30(28,29)15-7-5-14(22)6-8-15)11-16-20(25)24-18-9-4-13(2)12-26(18)21(16)27/h4-9,11-12,23H,3,10H2,1-2H3. The second-order valence-electron chi connectivity index (χ2n) is 7.06. The molecule has 0 aliphatic rings. The van der Waals surface area contributed by atoms with E-state index in [1.807, 2.05) is 19.9 Å². The van der Waals surface area contributed by atoms with Gasteiger partial charge in [0.25, 0.3) is 5.56 Å². The van der Waals surface area contributed by atoms with Gasteiger partial charge in [0.05, 0.1) is 10.3 Å². The fourth-order valence-electron chi connectivity index (χ4n) is 3.40. The van der Waals surface area contributed by atoms with Crippen LogP contribution < -0.4 is 11.0 Å². The molecule has 3 aromatic heterocycles. The van der Waals surface area contributed by atoms with Gasteiger partial charge >= 0.3 is 0 Å². The number of aryl methyl sites for hydroxylation is 2. The average Bonchev–Trinajstić information content (AvgIpc) is 2.71. The number of halogens is 1. The summed E-state index contributed by atoms with van der Waals surface area (Å²) in [4.78, 5) is 17.5. The molecule has 0 aliphatic heterocycles. The summed E-state index contributed by atoms with van der Waals surface area (Å²) in [6.45, 7) is 4.13. The highest BCUT2D eigenvalue weighted by Gasteiger charge is 2.24. The van der Waals surface area contributed by atoms with Crippen LogP contribution in [0.1, 0.15) is 18.9 Å². The second-order valence-corrected chi connectivity index (χ2v) is 9.41. The molecule has 0 spiro atoms. The number of nitrogens with one attached hydrogen (secondary N) is 1. The van der Waals surface area contributed by atoms with Crippen LogP contribution in [-0.2, 0) is 16.4 Å². The Morgan fingerprint density at radius 3 is 2.50 bits per heavy atom. The van der Waals surface area contributed by atoms with Crippen LogP contribution in [0.3, 0.4) is 0 Å². The Bertz CT molecular complexity index is 1520. The molecule has 0 unspecified atom stereocenters. The van der Waals surface area contributed by atoms with Gasteiger partial charge in [0.15, 0.2) is 0 Å². The molecule has 154 valence electrons. The van der Waals surface area contributed by atoms with Crippen molar-refractivity contribution in [3.05, 3.63) is 75.1 Å². The van der Waals surface area contributed by atoms with E-state index in [4.69, 9.17) is 17.0 Å². The monoisotopic (exact) mass is 442 g/mol. The van der Waals surface area contributed by atoms with Crippen molar-refractivity contribution in [3.8, 4) is 0 Å². The maximum atomic E-state index is 13.3. The van der Waals surface area contributed by atoms with Crippen LogP contribution in [0.15, 0.2) is 63.2 Å². The Kier molecular flexibility index (Phi) is 4.99. The maximum absolute atomic E-state index is 13.3. The molecule has 0 atom stereocenters. The van der Waals surface area contributed by atoms with Crippen LogP contribution in [0.2, 0.25) is 5.02 Å². The van der Waals surface area contributed by atoms with Crippen molar-refractivity contribution in [3.63, 3.8) is 0 Å². The minimum absolute atomic E-state index is 0.00694. The van der Waals surface area contributed by atoms with Gasteiger partial charge in [-0.2, -0.15) is 0 Å². The summed E-state index contributed by atoms with van der Waals surface area (Å²) in [7, 11) is -4.04.